The fourth-order valence-electron chi connectivity index (χ4n) is 3.07. The first-order valence-electron chi connectivity index (χ1n) is 8.91. The molecule has 9 heteroatoms. The predicted molar refractivity (Wildman–Crippen MR) is 98.2 cm³/mol. The van der Waals surface area contributed by atoms with Gasteiger partial charge < -0.3 is 9.64 Å². The number of aromatic nitrogens is 3. The number of alkyl halides is 3. The second-order valence-corrected chi connectivity index (χ2v) is 6.71. The molecule has 1 aliphatic heterocycles. The van der Waals surface area contributed by atoms with E-state index in [-0.39, 0.29) is 24.9 Å². The lowest BCUT2D eigenvalue weighted by molar-refractivity contribution is -0.141. The quantitative estimate of drug-likeness (QED) is 0.671. The Kier molecular flexibility index (Phi) is 4.73. The molecule has 150 valence electrons. The van der Waals surface area contributed by atoms with Gasteiger partial charge in [0.15, 0.2) is 0 Å². The van der Waals surface area contributed by atoms with Crippen LogP contribution in [0.2, 0.25) is 0 Å². The number of nitrogens with zero attached hydrogens (tertiary/aromatic N) is 4. The molecular formula is C20H17F3N4O2. The largest absolute Gasteiger partial charge is 0.471 e. The third kappa shape index (κ3) is 3.94. The summed E-state index contributed by atoms with van der Waals surface area (Å²) in [5.74, 6) is -0.317. The highest BCUT2D eigenvalue weighted by molar-refractivity contribution is 5.94. The number of likely N-dealkylation sites (tertiary alicyclic amines) is 1. The van der Waals surface area contributed by atoms with Crippen LogP contribution < -0.4 is 4.74 Å². The van der Waals surface area contributed by atoms with E-state index in [4.69, 9.17) is 4.74 Å². The van der Waals surface area contributed by atoms with Crippen molar-refractivity contribution >= 4 is 5.91 Å². The van der Waals surface area contributed by atoms with Gasteiger partial charge in [0.1, 0.15) is 17.5 Å². The molecule has 0 atom stereocenters. The van der Waals surface area contributed by atoms with E-state index in [1.54, 1.807) is 18.0 Å². The Bertz CT molecular complexity index is 1030. The zero-order chi connectivity index (χ0) is 20.6. The standard InChI is InChI=1S/C20H17F3N4O2/c1-26-16(10-15(25-26)13-6-3-2-4-7-13)19(28)27-11-14(12-27)29-18-9-5-8-17(24-18)20(21,22)23/h2-10,14H,11-12H2,1H3. The predicted octanol–water partition coefficient (Wildman–Crippen LogP) is 3.40. The summed E-state index contributed by atoms with van der Waals surface area (Å²) in [5.41, 5.74) is 1.02. The summed E-state index contributed by atoms with van der Waals surface area (Å²) in [7, 11) is 1.69. The molecule has 0 aliphatic carbocycles. The van der Waals surface area contributed by atoms with Crippen molar-refractivity contribution in [2.45, 2.75) is 12.3 Å². The van der Waals surface area contributed by atoms with Crippen LogP contribution in [-0.2, 0) is 13.2 Å². The second kappa shape index (κ2) is 7.23. The lowest BCUT2D eigenvalue weighted by atomic mass is 10.1. The third-order valence-corrected chi connectivity index (χ3v) is 4.61. The van der Waals surface area contributed by atoms with Crippen molar-refractivity contribution < 1.29 is 22.7 Å². The van der Waals surface area contributed by atoms with Gasteiger partial charge in [-0.15, -0.1) is 0 Å². The number of benzene rings is 1. The topological polar surface area (TPSA) is 60.2 Å². The summed E-state index contributed by atoms with van der Waals surface area (Å²) in [6, 6.07) is 14.7. The average molecular weight is 402 g/mol. The Labute approximate surface area is 164 Å². The Morgan fingerprint density at radius 2 is 1.83 bits per heavy atom. The van der Waals surface area contributed by atoms with Crippen LogP contribution in [0.1, 0.15) is 16.2 Å². The number of ether oxygens (including phenoxy) is 1. The Morgan fingerprint density at radius 3 is 2.52 bits per heavy atom. The molecule has 0 unspecified atom stereocenters. The number of hydrogen-bond acceptors (Lipinski definition) is 4. The maximum Gasteiger partial charge on any atom is 0.433 e. The van der Waals surface area contributed by atoms with Gasteiger partial charge in [-0.3, -0.25) is 9.48 Å². The van der Waals surface area contributed by atoms with Gasteiger partial charge in [-0.2, -0.15) is 18.3 Å². The first-order valence-corrected chi connectivity index (χ1v) is 8.91. The van der Waals surface area contributed by atoms with Crippen LogP contribution in [0.5, 0.6) is 5.88 Å². The second-order valence-electron chi connectivity index (χ2n) is 6.71. The molecule has 0 bridgehead atoms. The molecule has 1 amide bonds. The van der Waals surface area contributed by atoms with Crippen molar-refractivity contribution in [2.24, 2.45) is 7.05 Å². The molecule has 3 heterocycles. The van der Waals surface area contributed by atoms with E-state index in [2.05, 4.69) is 10.1 Å². The van der Waals surface area contributed by atoms with Crippen molar-refractivity contribution in [2.75, 3.05) is 13.1 Å². The van der Waals surface area contributed by atoms with Crippen LogP contribution in [0.25, 0.3) is 11.3 Å². The highest BCUT2D eigenvalue weighted by Gasteiger charge is 2.36. The summed E-state index contributed by atoms with van der Waals surface area (Å²) in [4.78, 5) is 17.8. The van der Waals surface area contributed by atoms with Crippen molar-refractivity contribution in [3.8, 4) is 17.1 Å². The lowest BCUT2D eigenvalue weighted by Crippen LogP contribution is -2.56. The summed E-state index contributed by atoms with van der Waals surface area (Å²) >= 11 is 0. The maximum atomic E-state index is 12.7. The zero-order valence-electron chi connectivity index (χ0n) is 15.4. The molecule has 1 aliphatic rings. The number of amides is 1. The van der Waals surface area contributed by atoms with Gasteiger partial charge in [-0.25, -0.2) is 4.98 Å². The SMILES string of the molecule is Cn1nc(-c2ccccc2)cc1C(=O)N1CC(Oc2cccc(C(F)(F)F)n2)C1. The summed E-state index contributed by atoms with van der Waals surface area (Å²) < 4.78 is 45.2. The minimum atomic E-state index is -4.53. The van der Waals surface area contributed by atoms with E-state index >= 15 is 0 Å². The van der Waals surface area contributed by atoms with Gasteiger partial charge in [0.25, 0.3) is 5.91 Å². The molecule has 1 aromatic carbocycles. The van der Waals surface area contributed by atoms with Gasteiger partial charge in [-0.1, -0.05) is 36.4 Å². The number of carbonyl (C=O) groups is 1. The highest BCUT2D eigenvalue weighted by atomic mass is 19.4. The molecular weight excluding hydrogens is 385 g/mol. The number of aryl methyl sites for hydroxylation is 1. The molecule has 1 fully saturated rings. The first-order chi connectivity index (χ1) is 13.8. The smallest absolute Gasteiger partial charge is 0.433 e. The number of rotatable bonds is 4. The third-order valence-electron chi connectivity index (χ3n) is 4.61. The summed E-state index contributed by atoms with van der Waals surface area (Å²) in [6.07, 6.45) is -4.94. The van der Waals surface area contributed by atoms with E-state index < -0.39 is 18.0 Å². The van der Waals surface area contributed by atoms with Gasteiger partial charge in [-0.05, 0) is 12.1 Å². The minimum Gasteiger partial charge on any atom is -0.471 e. The molecule has 0 spiro atoms. The highest BCUT2D eigenvalue weighted by Crippen LogP contribution is 2.29. The summed E-state index contributed by atoms with van der Waals surface area (Å²) in [5, 5.41) is 4.38. The average Bonchev–Trinajstić information content (AvgIpc) is 3.06. The molecule has 0 saturated carbocycles. The maximum absolute atomic E-state index is 12.7. The number of halogens is 3. The molecule has 3 aromatic rings. The molecule has 6 nitrogen and oxygen atoms in total. The van der Waals surface area contributed by atoms with Crippen molar-refractivity contribution in [3.63, 3.8) is 0 Å². The number of carbonyl (C=O) groups excluding carboxylic acids is 1. The van der Waals surface area contributed by atoms with E-state index in [0.29, 0.717) is 11.4 Å². The summed E-state index contributed by atoms with van der Waals surface area (Å²) in [6.45, 7) is 0.533. The van der Waals surface area contributed by atoms with Crippen LogP contribution in [0, 0.1) is 0 Å². The van der Waals surface area contributed by atoms with Gasteiger partial charge in [0.2, 0.25) is 5.88 Å². The minimum absolute atomic E-state index is 0.108. The Morgan fingerprint density at radius 1 is 1.10 bits per heavy atom. The van der Waals surface area contributed by atoms with Crippen LogP contribution in [0.15, 0.2) is 54.6 Å². The molecule has 2 aromatic heterocycles. The van der Waals surface area contributed by atoms with Crippen molar-refractivity contribution in [1.29, 1.82) is 0 Å². The molecule has 0 N–H and O–H groups in total. The van der Waals surface area contributed by atoms with Gasteiger partial charge in [0, 0.05) is 18.7 Å². The Balaban J connectivity index is 1.39. The van der Waals surface area contributed by atoms with Crippen molar-refractivity contribution in [3.05, 3.63) is 66.0 Å². The lowest BCUT2D eigenvalue weighted by Gasteiger charge is -2.38. The van der Waals surface area contributed by atoms with Crippen LogP contribution in [-0.4, -0.2) is 44.8 Å². The van der Waals surface area contributed by atoms with Crippen LogP contribution >= 0.6 is 0 Å². The molecule has 4 rings (SSSR count). The van der Waals surface area contributed by atoms with E-state index in [9.17, 15) is 18.0 Å². The van der Waals surface area contributed by atoms with Crippen molar-refractivity contribution in [1.82, 2.24) is 19.7 Å². The van der Waals surface area contributed by atoms with Gasteiger partial charge >= 0.3 is 6.18 Å². The number of hydrogen-bond donors (Lipinski definition) is 0. The van der Waals surface area contributed by atoms with Gasteiger partial charge in [0.05, 0.1) is 18.8 Å². The first kappa shape index (κ1) is 19.0. The van der Waals surface area contributed by atoms with E-state index in [1.807, 2.05) is 30.3 Å². The Hall–Kier alpha value is -3.36. The monoisotopic (exact) mass is 402 g/mol. The van der Waals surface area contributed by atoms with E-state index in [1.165, 1.54) is 16.8 Å². The molecule has 29 heavy (non-hydrogen) atoms. The fraction of sp³-hybridized carbons (Fsp3) is 0.250. The normalized spacial score (nSPS) is 14.6. The molecule has 0 radical (unpaired) electrons. The fourth-order valence-corrected chi connectivity index (χ4v) is 3.07. The molecule has 1 saturated heterocycles. The van der Waals surface area contributed by atoms with E-state index in [0.717, 1.165) is 11.6 Å². The van der Waals surface area contributed by atoms with Crippen LogP contribution in [0.3, 0.4) is 0 Å². The zero-order valence-corrected chi connectivity index (χ0v) is 15.4. The number of pyridine rings is 1. The van der Waals surface area contributed by atoms with Crippen LogP contribution in [0.4, 0.5) is 13.2 Å².